The molecule has 3 heteroatoms. The van der Waals surface area contributed by atoms with Gasteiger partial charge in [-0.15, -0.1) is 22.7 Å². The fraction of sp³-hybridized carbons (Fsp3) is 0. The van der Waals surface area contributed by atoms with Crippen molar-refractivity contribution in [3.8, 4) is 33.4 Å². The summed E-state index contributed by atoms with van der Waals surface area (Å²) in [6.07, 6.45) is 0. The lowest BCUT2D eigenvalue weighted by Crippen LogP contribution is -2.10. The zero-order chi connectivity index (χ0) is 33.7. The number of thiophene rings is 2. The molecular weight excluding hydrogens is 655 g/mol. The van der Waals surface area contributed by atoms with Crippen LogP contribution >= 0.6 is 22.7 Å². The van der Waals surface area contributed by atoms with Gasteiger partial charge in [-0.25, -0.2) is 0 Å². The van der Waals surface area contributed by atoms with Crippen LogP contribution in [-0.2, 0) is 0 Å². The van der Waals surface area contributed by atoms with Crippen molar-refractivity contribution in [3.63, 3.8) is 0 Å². The van der Waals surface area contributed by atoms with E-state index in [4.69, 9.17) is 0 Å². The molecule has 2 heterocycles. The van der Waals surface area contributed by atoms with E-state index in [1.165, 1.54) is 79.4 Å². The maximum Gasteiger partial charge on any atom is 0.0646 e. The third kappa shape index (κ3) is 5.21. The summed E-state index contributed by atoms with van der Waals surface area (Å²) in [6, 6.07) is 68.5. The van der Waals surface area contributed by atoms with Gasteiger partial charge >= 0.3 is 0 Å². The van der Waals surface area contributed by atoms with Gasteiger partial charge in [0.1, 0.15) is 0 Å². The summed E-state index contributed by atoms with van der Waals surface area (Å²) in [5.41, 5.74) is 10.7. The summed E-state index contributed by atoms with van der Waals surface area (Å²) in [6.45, 7) is 0. The minimum Gasteiger partial charge on any atom is -0.309 e. The average Bonchev–Trinajstić information content (AvgIpc) is 3.78. The van der Waals surface area contributed by atoms with E-state index in [1.807, 2.05) is 22.7 Å². The van der Waals surface area contributed by atoms with Crippen molar-refractivity contribution >= 4 is 80.1 Å². The molecule has 0 spiro atoms. The number of anilines is 3. The van der Waals surface area contributed by atoms with E-state index in [0.29, 0.717) is 0 Å². The molecule has 1 nitrogen and oxygen atoms in total. The Morgan fingerprint density at radius 3 is 1.33 bits per heavy atom. The molecule has 10 aromatic rings. The summed E-state index contributed by atoms with van der Waals surface area (Å²) < 4.78 is 5.26. The zero-order valence-electron chi connectivity index (χ0n) is 27.7. The first-order valence-corrected chi connectivity index (χ1v) is 18.9. The molecule has 0 saturated heterocycles. The molecule has 0 aliphatic carbocycles. The largest absolute Gasteiger partial charge is 0.309 e. The Morgan fingerprint density at radius 2 is 0.765 bits per heavy atom. The number of hydrogen-bond acceptors (Lipinski definition) is 3. The Bertz CT molecular complexity index is 2730. The molecule has 0 N–H and O–H groups in total. The molecule has 51 heavy (non-hydrogen) atoms. The van der Waals surface area contributed by atoms with Gasteiger partial charge in [0, 0.05) is 47.0 Å². The number of rotatable bonds is 6. The second-order valence-electron chi connectivity index (χ2n) is 12.9. The van der Waals surface area contributed by atoms with Crippen molar-refractivity contribution in [2.45, 2.75) is 0 Å². The van der Waals surface area contributed by atoms with Crippen molar-refractivity contribution in [1.82, 2.24) is 0 Å². The highest BCUT2D eigenvalue weighted by atomic mass is 32.1. The lowest BCUT2D eigenvalue weighted by molar-refractivity contribution is 1.30. The lowest BCUT2D eigenvalue weighted by atomic mass is 9.98. The van der Waals surface area contributed by atoms with Crippen molar-refractivity contribution in [1.29, 1.82) is 0 Å². The SMILES string of the molecule is c1ccc(-c2ccc(N(c3ccc(-c4ccccc4)cc3)c3cc(-c4ccccc4)cc4c3sc3ccc5sc6ccccc6c5c34)cc2)cc1. The van der Waals surface area contributed by atoms with Crippen molar-refractivity contribution < 1.29 is 0 Å². The minimum absolute atomic E-state index is 1.12. The maximum absolute atomic E-state index is 2.45. The van der Waals surface area contributed by atoms with Gasteiger partial charge in [-0.2, -0.15) is 0 Å². The molecule has 0 amide bonds. The summed E-state index contributed by atoms with van der Waals surface area (Å²) in [4.78, 5) is 2.45. The van der Waals surface area contributed by atoms with Gasteiger partial charge in [0.05, 0.1) is 10.4 Å². The van der Waals surface area contributed by atoms with Crippen LogP contribution in [-0.4, -0.2) is 0 Å². The second kappa shape index (κ2) is 12.4. The predicted molar refractivity (Wildman–Crippen MR) is 223 cm³/mol. The Balaban J connectivity index is 1.25. The molecule has 0 fully saturated rings. The molecule has 240 valence electrons. The van der Waals surface area contributed by atoms with Crippen LogP contribution < -0.4 is 4.90 Å². The average molecular weight is 686 g/mol. The Hall–Kier alpha value is -6.00. The van der Waals surface area contributed by atoms with Gasteiger partial charge in [0.2, 0.25) is 0 Å². The van der Waals surface area contributed by atoms with Gasteiger partial charge in [0.15, 0.2) is 0 Å². The first kappa shape index (κ1) is 29.9. The highest BCUT2D eigenvalue weighted by Crippen LogP contribution is 2.50. The van der Waals surface area contributed by atoms with E-state index in [0.717, 1.165) is 11.4 Å². The standard InChI is InChI=1S/C48H31NS2/c1-4-12-32(13-5-1)35-20-24-38(25-21-35)49(39-26-22-36(23-27-39)33-14-6-2-7-15-33)42-31-37(34-16-8-3-9-17-34)30-41-47-45(51-48(41)42)29-28-44-46(47)40-18-10-11-19-43(40)50-44/h1-31H. The molecule has 0 saturated carbocycles. The summed E-state index contributed by atoms with van der Waals surface area (Å²) in [5, 5.41) is 5.34. The fourth-order valence-electron chi connectivity index (χ4n) is 7.42. The Morgan fingerprint density at radius 1 is 0.314 bits per heavy atom. The fourth-order valence-corrected chi connectivity index (χ4v) is 9.73. The lowest BCUT2D eigenvalue weighted by Gasteiger charge is -2.27. The molecule has 2 aromatic heterocycles. The molecule has 10 rings (SSSR count). The highest BCUT2D eigenvalue weighted by molar-refractivity contribution is 7.28. The molecule has 0 aliphatic rings. The third-order valence-electron chi connectivity index (χ3n) is 9.87. The molecule has 8 aromatic carbocycles. The van der Waals surface area contributed by atoms with Gasteiger partial charge < -0.3 is 4.90 Å². The van der Waals surface area contributed by atoms with Crippen LogP contribution in [0.3, 0.4) is 0 Å². The minimum atomic E-state index is 1.12. The van der Waals surface area contributed by atoms with E-state index < -0.39 is 0 Å². The van der Waals surface area contributed by atoms with Crippen LogP contribution in [0.1, 0.15) is 0 Å². The van der Waals surface area contributed by atoms with Crippen LogP contribution in [0.4, 0.5) is 17.1 Å². The summed E-state index contributed by atoms with van der Waals surface area (Å²) in [7, 11) is 0. The number of hydrogen-bond donors (Lipinski definition) is 0. The van der Waals surface area contributed by atoms with Gasteiger partial charge in [-0.3, -0.25) is 0 Å². The molecule has 0 atom stereocenters. The normalized spacial score (nSPS) is 11.5. The van der Waals surface area contributed by atoms with Crippen LogP contribution in [0.2, 0.25) is 0 Å². The van der Waals surface area contributed by atoms with Gasteiger partial charge in [-0.1, -0.05) is 133 Å². The van der Waals surface area contributed by atoms with E-state index in [2.05, 4.69) is 193 Å². The van der Waals surface area contributed by atoms with E-state index in [9.17, 15) is 0 Å². The topological polar surface area (TPSA) is 3.24 Å². The number of benzene rings is 8. The number of nitrogens with zero attached hydrogens (tertiary/aromatic N) is 1. The Kier molecular flexibility index (Phi) is 7.26. The van der Waals surface area contributed by atoms with E-state index in [-0.39, 0.29) is 0 Å². The molecular formula is C48H31NS2. The van der Waals surface area contributed by atoms with Crippen LogP contribution in [0.5, 0.6) is 0 Å². The first-order chi connectivity index (χ1) is 25.3. The summed E-state index contributed by atoms with van der Waals surface area (Å²) in [5.74, 6) is 0. The van der Waals surface area contributed by atoms with Crippen molar-refractivity contribution in [2.75, 3.05) is 4.90 Å². The highest BCUT2D eigenvalue weighted by Gasteiger charge is 2.22. The molecule has 0 radical (unpaired) electrons. The second-order valence-corrected chi connectivity index (χ2v) is 15.0. The van der Waals surface area contributed by atoms with Crippen LogP contribution in [0.25, 0.3) is 73.7 Å². The summed E-state index contributed by atoms with van der Waals surface area (Å²) >= 11 is 3.79. The van der Waals surface area contributed by atoms with Crippen molar-refractivity contribution in [3.05, 3.63) is 188 Å². The Labute approximate surface area is 304 Å². The molecule has 0 unspecified atom stereocenters. The third-order valence-corrected chi connectivity index (χ3v) is 12.2. The van der Waals surface area contributed by atoms with E-state index in [1.54, 1.807) is 0 Å². The zero-order valence-corrected chi connectivity index (χ0v) is 29.3. The van der Waals surface area contributed by atoms with Crippen LogP contribution in [0, 0.1) is 0 Å². The molecule has 0 bridgehead atoms. The first-order valence-electron chi connectivity index (χ1n) is 17.3. The maximum atomic E-state index is 2.45. The smallest absolute Gasteiger partial charge is 0.0646 e. The monoisotopic (exact) mass is 685 g/mol. The quantitative estimate of drug-likeness (QED) is 0.168. The number of fused-ring (bicyclic) bond motifs is 7. The van der Waals surface area contributed by atoms with E-state index >= 15 is 0 Å². The predicted octanol–water partition coefficient (Wildman–Crippen LogP) is 14.9. The van der Waals surface area contributed by atoms with Gasteiger partial charge in [0.25, 0.3) is 0 Å². The van der Waals surface area contributed by atoms with Crippen molar-refractivity contribution in [2.24, 2.45) is 0 Å². The van der Waals surface area contributed by atoms with Crippen LogP contribution in [0.15, 0.2) is 188 Å². The van der Waals surface area contributed by atoms with Gasteiger partial charge in [-0.05, 0) is 88.0 Å². The molecule has 0 aliphatic heterocycles.